The maximum Gasteiger partial charge on any atom is 0.322 e. The Hall–Kier alpha value is -4.29. The predicted octanol–water partition coefficient (Wildman–Crippen LogP) is 7.38. The number of urea groups is 1. The lowest BCUT2D eigenvalue weighted by Crippen LogP contribution is -2.38. The third kappa shape index (κ3) is 4.07. The van der Waals surface area contributed by atoms with Gasteiger partial charge in [-0.1, -0.05) is 65.7 Å². The first-order valence-corrected chi connectivity index (χ1v) is 13.0. The second-order valence-corrected chi connectivity index (χ2v) is 10.1. The molecule has 190 valence electrons. The van der Waals surface area contributed by atoms with E-state index >= 15 is 0 Å². The first-order valence-electron chi connectivity index (χ1n) is 12.6. The first-order chi connectivity index (χ1) is 18.4. The number of nitrogens with zero attached hydrogens (tertiary/aromatic N) is 4. The smallest absolute Gasteiger partial charge is 0.307 e. The van der Waals surface area contributed by atoms with E-state index in [1.165, 1.54) is 0 Å². The highest BCUT2D eigenvalue weighted by molar-refractivity contribution is 6.31. The van der Waals surface area contributed by atoms with Crippen LogP contribution in [0, 0.1) is 20.8 Å². The van der Waals surface area contributed by atoms with Crippen LogP contribution < -0.4 is 5.32 Å². The second-order valence-electron chi connectivity index (χ2n) is 9.73. The average Bonchev–Trinajstić information content (AvgIpc) is 3.47. The molecule has 0 fully saturated rings. The van der Waals surface area contributed by atoms with Gasteiger partial charge in [0, 0.05) is 22.5 Å². The van der Waals surface area contributed by atoms with E-state index in [1.54, 1.807) is 0 Å². The Bertz CT molecular complexity index is 1650. The summed E-state index contributed by atoms with van der Waals surface area (Å²) in [5.74, 6) is 0.945. The zero-order valence-electron chi connectivity index (χ0n) is 21.5. The van der Waals surface area contributed by atoms with Crippen molar-refractivity contribution in [1.29, 1.82) is 0 Å². The Balaban J connectivity index is 1.54. The molecule has 1 N–H and O–H groups in total. The lowest BCUT2D eigenvalue weighted by molar-refractivity contribution is 0.194. The van der Waals surface area contributed by atoms with Gasteiger partial charge in [-0.3, -0.25) is 0 Å². The molecule has 3 aromatic carbocycles. The summed E-state index contributed by atoms with van der Waals surface area (Å²) >= 11 is 6.37. The normalized spacial score (nSPS) is 14.5. The van der Waals surface area contributed by atoms with Crippen molar-refractivity contribution in [3.63, 3.8) is 0 Å². The summed E-state index contributed by atoms with van der Waals surface area (Å²) in [5, 5.41) is 8.67. The summed E-state index contributed by atoms with van der Waals surface area (Å²) < 4.78 is 4.15. The summed E-state index contributed by atoms with van der Waals surface area (Å²) in [4.78, 5) is 16.0. The van der Waals surface area contributed by atoms with Gasteiger partial charge in [0.05, 0.1) is 29.7 Å². The van der Waals surface area contributed by atoms with Crippen molar-refractivity contribution in [3.05, 3.63) is 130 Å². The molecule has 2 amide bonds. The highest BCUT2D eigenvalue weighted by Crippen LogP contribution is 2.39. The van der Waals surface area contributed by atoms with Gasteiger partial charge in [-0.2, -0.15) is 5.10 Å². The van der Waals surface area contributed by atoms with Crippen LogP contribution in [0.15, 0.2) is 91.1 Å². The number of fused-ring (bicyclic) bond motifs is 3. The number of aromatic nitrogens is 3. The van der Waals surface area contributed by atoms with Crippen LogP contribution in [0.2, 0.25) is 5.02 Å². The van der Waals surface area contributed by atoms with Crippen molar-refractivity contribution in [1.82, 2.24) is 19.2 Å². The zero-order valence-corrected chi connectivity index (χ0v) is 22.3. The third-order valence-corrected chi connectivity index (χ3v) is 7.62. The molecule has 1 aliphatic rings. The maximum absolute atomic E-state index is 14.1. The minimum Gasteiger partial charge on any atom is -0.307 e. The minimum atomic E-state index is -0.319. The van der Waals surface area contributed by atoms with Crippen LogP contribution in [0.4, 0.5) is 10.5 Å². The number of halogens is 1. The van der Waals surface area contributed by atoms with Crippen molar-refractivity contribution in [3.8, 4) is 11.5 Å². The van der Waals surface area contributed by atoms with Gasteiger partial charge >= 0.3 is 6.03 Å². The monoisotopic (exact) mass is 521 g/mol. The molecule has 0 spiro atoms. The standard InChI is InChI=1S/C31H28ClN5O/c1-20-10-7-11-23(18-20)29-28-16-9-17-35(28)30-25(22(3)34-37(30)24-12-5-4-6-13-24)19-36(29)31(38)33-27-15-8-14-26(32)21(27)2/h4-18,29H,19H2,1-3H3,(H,33,38)/t29-/m0/s1. The summed E-state index contributed by atoms with van der Waals surface area (Å²) in [5.41, 5.74) is 7.55. The summed E-state index contributed by atoms with van der Waals surface area (Å²) in [6, 6.07) is 27.6. The van der Waals surface area contributed by atoms with Gasteiger partial charge < -0.3 is 14.8 Å². The third-order valence-electron chi connectivity index (χ3n) is 7.21. The fourth-order valence-corrected chi connectivity index (χ4v) is 5.44. The van der Waals surface area contributed by atoms with E-state index in [0.29, 0.717) is 17.3 Å². The molecule has 6 rings (SSSR count). The molecule has 0 saturated carbocycles. The molecule has 3 heterocycles. The Morgan fingerprint density at radius 2 is 1.74 bits per heavy atom. The zero-order chi connectivity index (χ0) is 26.4. The fourth-order valence-electron chi connectivity index (χ4n) is 5.27. The first kappa shape index (κ1) is 24.1. The van der Waals surface area contributed by atoms with Gasteiger partial charge in [-0.15, -0.1) is 0 Å². The van der Waals surface area contributed by atoms with E-state index in [4.69, 9.17) is 16.7 Å². The van der Waals surface area contributed by atoms with E-state index in [9.17, 15) is 4.79 Å². The minimum absolute atomic E-state index is 0.200. The SMILES string of the molecule is Cc1cccc([C@H]2c3cccn3-c3c(c(C)nn3-c3ccccc3)CN2C(=O)Nc2cccc(Cl)c2C)c1. The van der Waals surface area contributed by atoms with Crippen LogP contribution in [0.25, 0.3) is 11.5 Å². The highest BCUT2D eigenvalue weighted by atomic mass is 35.5. The number of benzene rings is 3. The number of carbonyl (C=O) groups is 1. The van der Waals surface area contributed by atoms with Crippen LogP contribution in [-0.2, 0) is 6.54 Å². The Morgan fingerprint density at radius 3 is 2.53 bits per heavy atom. The molecule has 1 aliphatic heterocycles. The molecule has 2 aromatic heterocycles. The van der Waals surface area contributed by atoms with Crippen molar-refractivity contribution in [2.45, 2.75) is 33.4 Å². The molecular weight excluding hydrogens is 494 g/mol. The van der Waals surface area contributed by atoms with Crippen LogP contribution >= 0.6 is 11.6 Å². The number of aryl methyl sites for hydroxylation is 2. The van der Waals surface area contributed by atoms with E-state index < -0.39 is 0 Å². The van der Waals surface area contributed by atoms with Crippen molar-refractivity contribution in [2.24, 2.45) is 0 Å². The maximum atomic E-state index is 14.1. The van der Waals surface area contributed by atoms with Crippen LogP contribution in [0.5, 0.6) is 0 Å². The van der Waals surface area contributed by atoms with Gasteiger partial charge in [-0.25, -0.2) is 9.48 Å². The van der Waals surface area contributed by atoms with Gasteiger partial charge in [0.1, 0.15) is 5.82 Å². The number of hydrogen-bond acceptors (Lipinski definition) is 2. The summed E-state index contributed by atoms with van der Waals surface area (Å²) in [6.07, 6.45) is 2.06. The molecule has 7 heteroatoms. The van der Waals surface area contributed by atoms with Crippen LogP contribution in [-0.4, -0.2) is 25.3 Å². The predicted molar refractivity (Wildman–Crippen MR) is 151 cm³/mol. The summed E-state index contributed by atoms with van der Waals surface area (Å²) in [7, 11) is 0. The second kappa shape index (κ2) is 9.54. The molecular formula is C31H28ClN5O. The quantitative estimate of drug-likeness (QED) is 0.269. The molecule has 0 unspecified atom stereocenters. The largest absolute Gasteiger partial charge is 0.322 e. The number of hydrogen-bond donors (Lipinski definition) is 1. The van der Waals surface area contributed by atoms with Crippen LogP contribution in [0.1, 0.15) is 39.7 Å². The van der Waals surface area contributed by atoms with Gasteiger partial charge in [0.25, 0.3) is 0 Å². The fraction of sp³-hybridized carbons (Fsp3) is 0.161. The average molecular weight is 522 g/mol. The Morgan fingerprint density at radius 1 is 0.947 bits per heavy atom. The lowest BCUT2D eigenvalue weighted by Gasteiger charge is -2.31. The van der Waals surface area contributed by atoms with Gasteiger partial charge in [0.15, 0.2) is 0 Å². The van der Waals surface area contributed by atoms with Gasteiger partial charge in [0.2, 0.25) is 0 Å². The number of carbonyl (C=O) groups excluding carboxylic acids is 1. The van der Waals surface area contributed by atoms with E-state index in [0.717, 1.165) is 45.1 Å². The van der Waals surface area contributed by atoms with E-state index in [2.05, 4.69) is 47.3 Å². The molecule has 38 heavy (non-hydrogen) atoms. The Labute approximate surface area is 227 Å². The lowest BCUT2D eigenvalue weighted by atomic mass is 10.00. The summed E-state index contributed by atoms with van der Waals surface area (Å²) in [6.45, 7) is 6.38. The number of nitrogens with one attached hydrogen (secondary N) is 1. The van der Waals surface area contributed by atoms with Crippen LogP contribution in [0.3, 0.4) is 0 Å². The number of rotatable bonds is 3. The molecule has 1 atom stereocenters. The molecule has 0 aliphatic carbocycles. The highest BCUT2D eigenvalue weighted by Gasteiger charge is 2.36. The molecule has 6 nitrogen and oxygen atoms in total. The number of para-hydroxylation sites is 1. The Kier molecular flexibility index (Phi) is 6.04. The molecule has 0 bridgehead atoms. The van der Waals surface area contributed by atoms with Crippen molar-refractivity contribution >= 4 is 23.3 Å². The molecule has 0 saturated heterocycles. The number of amides is 2. The van der Waals surface area contributed by atoms with Gasteiger partial charge in [-0.05, 0) is 68.3 Å². The topological polar surface area (TPSA) is 55.1 Å². The van der Waals surface area contributed by atoms with E-state index in [1.807, 2.05) is 84.1 Å². The van der Waals surface area contributed by atoms with E-state index in [-0.39, 0.29) is 12.1 Å². The van der Waals surface area contributed by atoms with Crippen molar-refractivity contribution in [2.75, 3.05) is 5.32 Å². The number of anilines is 1. The molecule has 0 radical (unpaired) electrons. The molecule has 5 aromatic rings. The van der Waals surface area contributed by atoms with Crippen molar-refractivity contribution < 1.29 is 4.79 Å².